The normalized spacial score (nSPS) is 11.5. The van der Waals surface area contributed by atoms with Crippen molar-refractivity contribution in [3.63, 3.8) is 0 Å². The maximum atomic E-state index is 12.0. The van der Waals surface area contributed by atoms with Gasteiger partial charge in [0.15, 0.2) is 4.21 Å². The Morgan fingerprint density at radius 3 is 2.50 bits per heavy atom. The van der Waals surface area contributed by atoms with E-state index in [2.05, 4.69) is 15.9 Å². The number of hydrogen-bond donors (Lipinski definition) is 0. The number of aryl methyl sites for hydroxylation is 2. The van der Waals surface area contributed by atoms with Gasteiger partial charge in [-0.3, -0.25) is 0 Å². The number of rotatable bonds is 3. The van der Waals surface area contributed by atoms with Crippen molar-refractivity contribution in [2.75, 3.05) is 0 Å². The molecule has 0 aliphatic rings. The first-order valence-corrected chi connectivity index (χ1v) is 8.17. The van der Waals surface area contributed by atoms with Crippen molar-refractivity contribution in [1.82, 2.24) is 0 Å². The summed E-state index contributed by atoms with van der Waals surface area (Å²) in [5, 5.41) is 0. The second-order valence-electron chi connectivity index (χ2n) is 3.86. The molecule has 0 saturated carbocycles. The van der Waals surface area contributed by atoms with Crippen molar-refractivity contribution < 1.29 is 12.6 Å². The van der Waals surface area contributed by atoms with E-state index < -0.39 is 10.1 Å². The van der Waals surface area contributed by atoms with Gasteiger partial charge in [-0.15, -0.1) is 11.3 Å². The number of benzene rings is 1. The molecule has 6 heteroatoms. The first-order valence-electron chi connectivity index (χ1n) is 5.15. The van der Waals surface area contributed by atoms with E-state index >= 15 is 0 Å². The van der Waals surface area contributed by atoms with E-state index in [1.54, 1.807) is 12.1 Å². The lowest BCUT2D eigenvalue weighted by Crippen LogP contribution is -2.08. The monoisotopic (exact) mass is 346 g/mol. The molecule has 1 heterocycles. The van der Waals surface area contributed by atoms with Crippen LogP contribution in [0, 0.1) is 13.8 Å². The van der Waals surface area contributed by atoms with Gasteiger partial charge in [-0.25, -0.2) is 0 Å². The quantitative estimate of drug-likeness (QED) is 0.791. The average Bonchev–Trinajstić information content (AvgIpc) is 2.71. The number of hydrogen-bond acceptors (Lipinski definition) is 4. The molecule has 0 aliphatic heterocycles. The minimum atomic E-state index is -3.74. The molecule has 0 fully saturated rings. The van der Waals surface area contributed by atoms with Gasteiger partial charge in [0.05, 0.1) is 3.79 Å². The summed E-state index contributed by atoms with van der Waals surface area (Å²) < 4.78 is 30.2. The SMILES string of the molecule is Cc1ccc(C)c(OS(=O)(=O)c2ccc(Br)s2)c1. The van der Waals surface area contributed by atoms with Crippen LogP contribution in [0.2, 0.25) is 0 Å². The molecule has 1 aromatic heterocycles. The second-order valence-corrected chi connectivity index (χ2v) is 8.10. The Morgan fingerprint density at radius 1 is 1.17 bits per heavy atom. The maximum absolute atomic E-state index is 12.0. The molecular weight excluding hydrogens is 336 g/mol. The van der Waals surface area contributed by atoms with Crippen LogP contribution in [0.3, 0.4) is 0 Å². The molecule has 3 nitrogen and oxygen atoms in total. The van der Waals surface area contributed by atoms with Crippen LogP contribution in [-0.4, -0.2) is 8.42 Å². The lowest BCUT2D eigenvalue weighted by atomic mass is 10.1. The van der Waals surface area contributed by atoms with Gasteiger partial charge in [0, 0.05) is 0 Å². The van der Waals surface area contributed by atoms with E-state index in [4.69, 9.17) is 4.18 Å². The standard InChI is InChI=1S/C12H11BrO3S2/c1-8-3-4-9(2)10(7-8)16-18(14,15)12-6-5-11(13)17-12/h3-7H,1-2H3. The average molecular weight is 347 g/mol. The summed E-state index contributed by atoms with van der Waals surface area (Å²) in [6.45, 7) is 3.70. The zero-order valence-corrected chi connectivity index (χ0v) is 13.0. The third kappa shape index (κ3) is 2.93. The minimum absolute atomic E-state index is 0.190. The van der Waals surface area contributed by atoms with E-state index in [1.165, 1.54) is 6.07 Å². The van der Waals surface area contributed by atoms with Crippen molar-refractivity contribution in [2.24, 2.45) is 0 Å². The second kappa shape index (κ2) is 5.03. The highest BCUT2D eigenvalue weighted by Crippen LogP contribution is 2.29. The lowest BCUT2D eigenvalue weighted by molar-refractivity contribution is 0.486. The van der Waals surface area contributed by atoms with Gasteiger partial charge in [-0.2, -0.15) is 8.42 Å². The van der Waals surface area contributed by atoms with Gasteiger partial charge in [0.2, 0.25) is 0 Å². The van der Waals surface area contributed by atoms with Gasteiger partial charge in [0.1, 0.15) is 5.75 Å². The van der Waals surface area contributed by atoms with Crippen molar-refractivity contribution in [3.05, 3.63) is 45.2 Å². The van der Waals surface area contributed by atoms with E-state index in [0.717, 1.165) is 26.3 Å². The highest BCUT2D eigenvalue weighted by atomic mass is 79.9. The lowest BCUT2D eigenvalue weighted by Gasteiger charge is -2.08. The third-order valence-corrected chi connectivity index (χ3v) is 5.65. The molecular formula is C12H11BrO3S2. The van der Waals surface area contributed by atoms with Gasteiger partial charge >= 0.3 is 10.1 Å². The molecule has 2 rings (SSSR count). The van der Waals surface area contributed by atoms with Crippen LogP contribution in [0.15, 0.2) is 38.3 Å². The summed E-state index contributed by atoms with van der Waals surface area (Å²) in [5.41, 5.74) is 1.75. The van der Waals surface area contributed by atoms with Crippen molar-refractivity contribution >= 4 is 37.4 Å². The summed E-state index contributed by atoms with van der Waals surface area (Å²) >= 11 is 4.36. The zero-order chi connectivity index (χ0) is 13.3. The summed E-state index contributed by atoms with van der Waals surface area (Å²) in [4.78, 5) is 0. The Kier molecular flexibility index (Phi) is 3.79. The molecule has 0 spiro atoms. The minimum Gasteiger partial charge on any atom is -0.378 e. The van der Waals surface area contributed by atoms with E-state index in [0.29, 0.717) is 5.75 Å². The van der Waals surface area contributed by atoms with E-state index in [9.17, 15) is 8.42 Å². The molecule has 18 heavy (non-hydrogen) atoms. The molecule has 0 unspecified atom stereocenters. The number of halogens is 1. The third-order valence-electron chi connectivity index (χ3n) is 2.34. The molecule has 0 aliphatic carbocycles. The molecule has 0 amide bonds. The molecule has 0 radical (unpaired) electrons. The Morgan fingerprint density at radius 2 is 1.89 bits per heavy atom. The van der Waals surface area contributed by atoms with E-state index in [-0.39, 0.29) is 4.21 Å². The van der Waals surface area contributed by atoms with Crippen molar-refractivity contribution in [1.29, 1.82) is 0 Å². The zero-order valence-electron chi connectivity index (χ0n) is 9.81. The summed E-state index contributed by atoms with van der Waals surface area (Å²) in [6.07, 6.45) is 0. The Labute approximate surface area is 119 Å². The van der Waals surface area contributed by atoms with Crippen molar-refractivity contribution in [2.45, 2.75) is 18.1 Å². The smallest absolute Gasteiger partial charge is 0.348 e. The van der Waals surface area contributed by atoms with Gasteiger partial charge < -0.3 is 4.18 Å². The van der Waals surface area contributed by atoms with Crippen LogP contribution in [-0.2, 0) is 10.1 Å². The fraction of sp³-hybridized carbons (Fsp3) is 0.167. The highest BCUT2D eigenvalue weighted by molar-refractivity contribution is 9.11. The molecule has 0 saturated heterocycles. The van der Waals surface area contributed by atoms with Crippen LogP contribution in [0.1, 0.15) is 11.1 Å². The fourth-order valence-corrected chi connectivity index (χ4v) is 4.34. The fourth-order valence-electron chi connectivity index (χ4n) is 1.39. The first kappa shape index (κ1) is 13.6. The van der Waals surface area contributed by atoms with Gasteiger partial charge in [0.25, 0.3) is 0 Å². The van der Waals surface area contributed by atoms with E-state index in [1.807, 2.05) is 26.0 Å². The summed E-state index contributed by atoms with van der Waals surface area (Å²) in [6, 6.07) is 8.68. The van der Waals surface area contributed by atoms with Crippen LogP contribution in [0.5, 0.6) is 5.75 Å². The predicted octanol–water partition coefficient (Wildman–Crippen LogP) is 3.90. The Hall–Kier alpha value is -0.850. The number of thiophene rings is 1. The van der Waals surface area contributed by atoms with Crippen LogP contribution < -0.4 is 4.18 Å². The topological polar surface area (TPSA) is 43.4 Å². The summed E-state index contributed by atoms with van der Waals surface area (Å²) in [5.74, 6) is 0.375. The van der Waals surface area contributed by atoms with Crippen molar-refractivity contribution in [3.8, 4) is 5.75 Å². The summed E-state index contributed by atoms with van der Waals surface area (Å²) in [7, 11) is -3.74. The molecule has 0 N–H and O–H groups in total. The van der Waals surface area contributed by atoms with Gasteiger partial charge in [-0.1, -0.05) is 12.1 Å². The first-order chi connectivity index (χ1) is 8.38. The molecule has 0 atom stereocenters. The van der Waals surface area contributed by atoms with Crippen LogP contribution in [0.25, 0.3) is 0 Å². The molecule has 2 aromatic rings. The Bertz CT molecular complexity index is 674. The Balaban J connectivity index is 2.36. The molecule has 0 bridgehead atoms. The predicted molar refractivity (Wildman–Crippen MR) is 75.7 cm³/mol. The largest absolute Gasteiger partial charge is 0.378 e. The van der Waals surface area contributed by atoms with Gasteiger partial charge in [-0.05, 0) is 59.1 Å². The highest BCUT2D eigenvalue weighted by Gasteiger charge is 2.19. The van der Waals surface area contributed by atoms with Crippen LogP contribution >= 0.6 is 27.3 Å². The molecule has 96 valence electrons. The maximum Gasteiger partial charge on any atom is 0.348 e. The molecule has 1 aromatic carbocycles. The van der Waals surface area contributed by atoms with Crippen LogP contribution in [0.4, 0.5) is 0 Å².